The maximum absolute atomic E-state index is 2.39. The molecule has 25 heavy (non-hydrogen) atoms. The van der Waals surface area contributed by atoms with Crippen LogP contribution in [0.4, 0.5) is 0 Å². The Bertz CT molecular complexity index is 640. The minimum atomic E-state index is -1.46. The third-order valence-corrected chi connectivity index (χ3v) is 10.7. The van der Waals surface area contributed by atoms with Crippen molar-refractivity contribution < 1.29 is 17.9 Å². The van der Waals surface area contributed by atoms with E-state index in [1.54, 1.807) is 0 Å². The summed E-state index contributed by atoms with van der Waals surface area (Å²) in [6.07, 6.45) is 0. The SMILES string of the molecule is C[CH2][Ti]([CH2]C)[C](c1ccccc1)(c1ccccc1)c1ccccc1.Cl. The van der Waals surface area contributed by atoms with Crippen LogP contribution in [0.15, 0.2) is 91.0 Å². The Hall–Kier alpha value is -1.34. The van der Waals surface area contributed by atoms with Crippen molar-refractivity contribution in [2.75, 3.05) is 0 Å². The molecule has 0 saturated heterocycles. The molecule has 0 atom stereocenters. The summed E-state index contributed by atoms with van der Waals surface area (Å²) < 4.78 is 2.69. The van der Waals surface area contributed by atoms with Crippen molar-refractivity contribution in [1.82, 2.24) is 0 Å². The standard InChI is InChI=1S/C19H15.2C2H5.ClH.Ti/c1-4-10-16(11-5-1)19(17-12-6-2-7-13-17)18-14-8-3-9-15-18;2*1-2;;/h1-15H;2*1H2,2H3;1H;. The Morgan fingerprint density at radius 1 is 0.560 bits per heavy atom. The monoisotopic (exact) mass is 385 g/mol. The topological polar surface area (TPSA) is 0 Å². The Balaban J connectivity index is 0.00000225. The first kappa shape index (κ1) is 20.0. The predicted molar refractivity (Wildman–Crippen MR) is 107 cm³/mol. The molecule has 0 aromatic heterocycles. The van der Waals surface area contributed by atoms with E-state index >= 15 is 0 Å². The van der Waals surface area contributed by atoms with E-state index in [1.165, 1.54) is 26.1 Å². The van der Waals surface area contributed by atoms with Crippen LogP contribution in [0, 0.1) is 0 Å². The molecule has 3 aromatic rings. The Labute approximate surface area is 164 Å². The van der Waals surface area contributed by atoms with Crippen LogP contribution in [0.1, 0.15) is 30.5 Å². The number of hydrogen-bond donors (Lipinski definition) is 0. The molecule has 0 fully saturated rings. The molecule has 0 amide bonds. The predicted octanol–water partition coefficient (Wildman–Crippen LogP) is 6.89. The van der Waals surface area contributed by atoms with E-state index in [-0.39, 0.29) is 16.1 Å². The van der Waals surface area contributed by atoms with Gasteiger partial charge in [0.1, 0.15) is 0 Å². The molecule has 0 spiro atoms. The molecule has 0 saturated carbocycles. The van der Waals surface area contributed by atoms with Crippen molar-refractivity contribution in [3.8, 4) is 0 Å². The molecule has 0 aliphatic carbocycles. The molecule has 0 radical (unpaired) electrons. The van der Waals surface area contributed by atoms with E-state index in [4.69, 9.17) is 0 Å². The minimum absolute atomic E-state index is 0. The first-order valence-corrected chi connectivity index (χ1v) is 11.8. The summed E-state index contributed by atoms with van der Waals surface area (Å²) in [5.74, 6) is 0. The van der Waals surface area contributed by atoms with Crippen LogP contribution in [0.2, 0.25) is 9.45 Å². The fraction of sp³-hybridized carbons (Fsp3) is 0.217. The summed E-state index contributed by atoms with van der Waals surface area (Å²) in [5, 5.41) is 0. The molecule has 0 nitrogen and oxygen atoms in total. The van der Waals surface area contributed by atoms with Crippen molar-refractivity contribution in [1.29, 1.82) is 0 Å². The maximum atomic E-state index is 2.39. The van der Waals surface area contributed by atoms with Crippen LogP contribution in [-0.4, -0.2) is 0 Å². The molecule has 0 N–H and O–H groups in total. The average molecular weight is 386 g/mol. The fourth-order valence-corrected chi connectivity index (χ4v) is 9.09. The van der Waals surface area contributed by atoms with Gasteiger partial charge in [-0.3, -0.25) is 0 Å². The molecule has 3 rings (SSSR count). The van der Waals surface area contributed by atoms with Crippen LogP contribution >= 0.6 is 12.4 Å². The smallest absolute Gasteiger partial charge is 0.147 e. The summed E-state index contributed by atoms with van der Waals surface area (Å²) in [6.45, 7) is 4.78. The molecule has 129 valence electrons. The van der Waals surface area contributed by atoms with Crippen molar-refractivity contribution in [3.63, 3.8) is 0 Å². The third-order valence-electron chi connectivity index (χ3n) is 5.00. The number of benzene rings is 3. The van der Waals surface area contributed by atoms with Gasteiger partial charge in [-0.25, -0.2) is 0 Å². The zero-order chi connectivity index (χ0) is 16.8. The molecular formula is C23H26ClTi. The molecular weight excluding hydrogens is 360 g/mol. The second kappa shape index (κ2) is 9.39. The molecule has 0 aliphatic rings. The van der Waals surface area contributed by atoms with E-state index in [0.717, 1.165) is 0 Å². The van der Waals surface area contributed by atoms with Crippen LogP contribution in [0.3, 0.4) is 0 Å². The van der Waals surface area contributed by atoms with Gasteiger partial charge in [0.25, 0.3) is 0 Å². The van der Waals surface area contributed by atoms with Gasteiger partial charge in [0.05, 0.1) is 0 Å². The Morgan fingerprint density at radius 2 is 0.840 bits per heavy atom. The first-order valence-electron chi connectivity index (χ1n) is 8.85. The van der Waals surface area contributed by atoms with Crippen LogP contribution in [-0.2, 0) is 21.6 Å². The van der Waals surface area contributed by atoms with Gasteiger partial charge in [0.2, 0.25) is 0 Å². The summed E-state index contributed by atoms with van der Waals surface area (Å²) in [4.78, 5) is 0. The molecule has 0 unspecified atom stereocenters. The molecule has 0 bridgehead atoms. The van der Waals surface area contributed by atoms with Gasteiger partial charge in [-0.1, -0.05) is 0 Å². The van der Waals surface area contributed by atoms with Gasteiger partial charge in [-0.2, -0.15) is 0 Å². The van der Waals surface area contributed by atoms with E-state index in [2.05, 4.69) is 105 Å². The quantitative estimate of drug-likeness (QED) is 0.320. The summed E-state index contributed by atoms with van der Waals surface area (Å²) in [6, 6.07) is 33.5. The second-order valence-electron chi connectivity index (χ2n) is 6.16. The first-order chi connectivity index (χ1) is 11.8. The van der Waals surface area contributed by atoms with Crippen molar-refractivity contribution in [2.24, 2.45) is 0 Å². The van der Waals surface area contributed by atoms with Crippen LogP contribution < -0.4 is 0 Å². The van der Waals surface area contributed by atoms with Crippen molar-refractivity contribution >= 4 is 12.4 Å². The number of halogens is 1. The van der Waals surface area contributed by atoms with Gasteiger partial charge < -0.3 is 0 Å². The van der Waals surface area contributed by atoms with Gasteiger partial charge >= 0.3 is 153 Å². The van der Waals surface area contributed by atoms with Crippen molar-refractivity contribution in [3.05, 3.63) is 108 Å². The van der Waals surface area contributed by atoms with E-state index < -0.39 is 17.9 Å². The summed E-state index contributed by atoms with van der Waals surface area (Å²) in [7, 11) is 0. The Kier molecular flexibility index (Phi) is 7.50. The van der Waals surface area contributed by atoms with Gasteiger partial charge in [0, 0.05) is 0 Å². The van der Waals surface area contributed by atoms with Crippen LogP contribution in [0.5, 0.6) is 0 Å². The zero-order valence-corrected chi connectivity index (χ0v) is 17.4. The zero-order valence-electron chi connectivity index (χ0n) is 15.0. The van der Waals surface area contributed by atoms with E-state index in [9.17, 15) is 0 Å². The third kappa shape index (κ3) is 3.77. The molecule has 0 aliphatic heterocycles. The molecule has 2 heteroatoms. The van der Waals surface area contributed by atoms with Gasteiger partial charge in [0.15, 0.2) is 0 Å². The average Bonchev–Trinajstić information content (AvgIpc) is 2.68. The van der Waals surface area contributed by atoms with Crippen LogP contribution in [0.25, 0.3) is 0 Å². The van der Waals surface area contributed by atoms with Gasteiger partial charge in [-0.05, 0) is 0 Å². The summed E-state index contributed by atoms with van der Waals surface area (Å²) >= 11 is -1.46. The fourth-order valence-electron chi connectivity index (χ4n) is 3.96. The second-order valence-corrected chi connectivity index (χ2v) is 11.4. The Morgan fingerprint density at radius 3 is 1.08 bits per heavy atom. The van der Waals surface area contributed by atoms with E-state index in [0.29, 0.717) is 0 Å². The minimum Gasteiger partial charge on any atom is -0.147 e. The number of hydrogen-bond acceptors (Lipinski definition) is 0. The maximum Gasteiger partial charge on any atom is -0.147 e. The molecule has 0 heterocycles. The molecule has 3 aromatic carbocycles. The number of rotatable bonds is 6. The largest absolute Gasteiger partial charge is 0.147 e. The van der Waals surface area contributed by atoms with Gasteiger partial charge in [-0.15, -0.1) is 12.4 Å². The van der Waals surface area contributed by atoms with Crippen molar-refractivity contribution in [2.45, 2.75) is 27.0 Å². The summed E-state index contributed by atoms with van der Waals surface area (Å²) in [5.41, 5.74) is 4.38. The van der Waals surface area contributed by atoms with E-state index in [1.807, 2.05) is 0 Å². The normalized spacial score (nSPS) is 10.8.